The van der Waals surface area contributed by atoms with Gasteiger partial charge in [0.1, 0.15) is 0 Å². The minimum Gasteiger partial charge on any atom is -0.412 e. The average Bonchev–Trinajstić information content (AvgIpc) is 1.12. The van der Waals surface area contributed by atoms with Crippen molar-refractivity contribution in [2.45, 2.75) is 0 Å². The Morgan fingerprint density at radius 2 is 0.571 bits per heavy atom. The summed E-state index contributed by atoms with van der Waals surface area (Å²) in [5.74, 6) is 0. The van der Waals surface area contributed by atoms with Gasteiger partial charge < -0.3 is 34.8 Å². The Morgan fingerprint density at radius 3 is 0.571 bits per heavy atom. The first kappa shape index (κ1) is 36.0. The molecule has 0 aromatic carbocycles. The summed E-state index contributed by atoms with van der Waals surface area (Å²) >= 11 is 0. The Balaban J connectivity index is -0.0000000178. The van der Waals surface area contributed by atoms with Crippen LogP contribution in [0.2, 0.25) is 0 Å². The van der Waals surface area contributed by atoms with Crippen LogP contribution in [0.15, 0.2) is 0 Å². The molecule has 0 aromatic rings. The van der Waals surface area contributed by atoms with E-state index in [9.17, 15) is 0 Å². The predicted molar refractivity (Wildman–Crippen MR) is 32.1 cm³/mol. The molecule has 0 aliphatic heterocycles. The minimum atomic E-state index is -4.64. The normalized spacial score (nSPS) is 8.43. The van der Waals surface area contributed by atoms with E-state index in [1.54, 1.807) is 0 Å². The van der Waals surface area contributed by atoms with Crippen LogP contribution in [0.5, 0.6) is 0 Å². The van der Waals surface area contributed by atoms with Crippen LogP contribution in [0.4, 0.5) is 0 Å². The second kappa shape index (κ2) is 14.7. The zero-order valence-electron chi connectivity index (χ0n) is 6.03. The van der Waals surface area contributed by atoms with Crippen LogP contribution in [0.3, 0.4) is 0 Å². The van der Waals surface area contributed by atoms with Gasteiger partial charge in [0.2, 0.25) is 0 Å². The van der Waals surface area contributed by atoms with E-state index in [2.05, 4.69) is 0 Å². The molecule has 14 heavy (non-hydrogen) atoms. The molecule has 0 aromatic heterocycles. The maximum Gasteiger partial charge on any atom is 0.466 e. The van der Waals surface area contributed by atoms with E-state index in [4.69, 9.17) is 38.5 Å². The van der Waals surface area contributed by atoms with Crippen molar-refractivity contribution in [2.24, 2.45) is 0 Å². The quantitative estimate of drug-likeness (QED) is 0.194. The summed E-state index contributed by atoms with van der Waals surface area (Å²) in [6.07, 6.45) is 0. The van der Waals surface area contributed by atoms with E-state index < -0.39 is 15.6 Å². The van der Waals surface area contributed by atoms with Gasteiger partial charge in [-0.2, -0.15) is 0 Å². The number of hydrogen-bond donors (Lipinski definition) is 6. The fraction of sp³-hybridized carbons (Fsp3) is 0. The van der Waals surface area contributed by atoms with Gasteiger partial charge in [0, 0.05) is 51.2 Å². The molecule has 0 bridgehead atoms. The third-order valence-electron chi connectivity index (χ3n) is 0. The van der Waals surface area contributed by atoms with E-state index in [1.807, 2.05) is 0 Å². The maximum absolute atomic E-state index is 8.88. The summed E-state index contributed by atoms with van der Waals surface area (Å²) < 4.78 is 17.8. The van der Waals surface area contributed by atoms with Gasteiger partial charge in [-0.15, -0.1) is 0 Å². The van der Waals surface area contributed by atoms with E-state index >= 15 is 0 Å². The molecule has 3 radical (unpaired) electrons. The largest absolute Gasteiger partial charge is 0.466 e. The molecule has 0 aliphatic rings. The van der Waals surface area contributed by atoms with E-state index in [1.165, 1.54) is 0 Å². The van der Waals surface area contributed by atoms with E-state index in [0.29, 0.717) is 0 Å². The first-order chi connectivity index (χ1) is 4.00. The minimum absolute atomic E-state index is 0. The summed E-state index contributed by atoms with van der Waals surface area (Å²) in [5.41, 5.74) is 0. The number of hydrogen-bond acceptors (Lipinski definition) is 2. The van der Waals surface area contributed by atoms with E-state index in [0.717, 1.165) is 0 Å². The molecule has 0 fully saturated rings. The summed E-state index contributed by atoms with van der Waals surface area (Å²) in [5, 5.41) is 0. The molecule has 93 valence electrons. The third-order valence-corrected chi connectivity index (χ3v) is 0. The van der Waals surface area contributed by atoms with Crippen LogP contribution in [0, 0.1) is 0 Å². The number of phosphoric acid groups is 2. The second-order valence-electron chi connectivity index (χ2n) is 1.03. The SMILES string of the molecule is O.O=P(O)(O)O.O=P(O)(O)O.[Mn].[Mn].[Mn]. The van der Waals surface area contributed by atoms with Gasteiger partial charge in [-0.05, 0) is 0 Å². The summed E-state index contributed by atoms with van der Waals surface area (Å²) in [7, 11) is -9.28. The zero-order valence-corrected chi connectivity index (χ0v) is 11.4. The Morgan fingerprint density at radius 1 is 0.571 bits per heavy atom. The first-order valence-corrected chi connectivity index (χ1v) is 4.70. The van der Waals surface area contributed by atoms with Crippen molar-refractivity contribution in [1.29, 1.82) is 0 Å². The molecule has 0 aliphatic carbocycles. The van der Waals surface area contributed by atoms with Gasteiger partial charge in [0.15, 0.2) is 0 Å². The molecule has 0 unspecified atom stereocenters. The molecule has 0 heterocycles. The molecule has 8 N–H and O–H groups in total. The topological polar surface area (TPSA) is 187 Å². The molecular weight excluding hydrogens is 371 g/mol. The van der Waals surface area contributed by atoms with Gasteiger partial charge in [-0.25, -0.2) is 9.13 Å². The van der Waals surface area contributed by atoms with E-state index in [-0.39, 0.29) is 56.7 Å². The Kier molecular flexibility index (Phi) is 37.9. The molecule has 14 heteroatoms. The maximum atomic E-state index is 8.88. The van der Waals surface area contributed by atoms with Crippen molar-refractivity contribution >= 4 is 15.6 Å². The van der Waals surface area contributed by atoms with Crippen molar-refractivity contribution in [3.8, 4) is 0 Å². The van der Waals surface area contributed by atoms with Gasteiger partial charge >= 0.3 is 15.6 Å². The smallest absolute Gasteiger partial charge is 0.412 e. The van der Waals surface area contributed by atoms with Crippen molar-refractivity contribution in [3.63, 3.8) is 0 Å². The molecule has 0 rings (SSSR count). The molecule has 0 saturated heterocycles. The second-order valence-corrected chi connectivity index (χ2v) is 3.08. The molecule has 9 nitrogen and oxygen atoms in total. The van der Waals surface area contributed by atoms with Crippen molar-refractivity contribution in [1.82, 2.24) is 0 Å². The predicted octanol–water partition coefficient (Wildman–Crippen LogP) is -2.69. The average molecular weight is 379 g/mol. The summed E-state index contributed by atoms with van der Waals surface area (Å²) in [6, 6.07) is 0. The van der Waals surface area contributed by atoms with Gasteiger partial charge in [0.25, 0.3) is 0 Å². The first-order valence-electron chi connectivity index (χ1n) is 1.57. The van der Waals surface area contributed by atoms with Crippen LogP contribution in [0.25, 0.3) is 0 Å². The van der Waals surface area contributed by atoms with Gasteiger partial charge in [-0.3, -0.25) is 0 Å². The zero-order chi connectivity index (χ0) is 9.00. The fourth-order valence-corrected chi connectivity index (χ4v) is 0. The summed E-state index contributed by atoms with van der Waals surface area (Å²) in [4.78, 5) is 43.1. The third kappa shape index (κ3) is 738. The molecule has 0 atom stereocenters. The van der Waals surface area contributed by atoms with Gasteiger partial charge in [-0.1, -0.05) is 0 Å². The number of rotatable bonds is 0. The standard InChI is InChI=1S/3Mn.2H3O4P.H2O/c;;;2*1-5(2,3)4;/h;;;2*(H3,1,2,3,4);1H2. The van der Waals surface area contributed by atoms with Crippen LogP contribution in [0.1, 0.15) is 0 Å². The Bertz CT molecular complexity index is 130. The molecule has 0 saturated carbocycles. The Hall–Kier alpha value is 1.74. The molecule has 0 spiro atoms. The van der Waals surface area contributed by atoms with Crippen LogP contribution in [-0.2, 0) is 60.3 Å². The van der Waals surface area contributed by atoms with Crippen LogP contribution < -0.4 is 0 Å². The van der Waals surface area contributed by atoms with Crippen molar-refractivity contribution in [3.05, 3.63) is 0 Å². The summed E-state index contributed by atoms with van der Waals surface area (Å²) in [6.45, 7) is 0. The van der Waals surface area contributed by atoms with Crippen LogP contribution >= 0.6 is 15.6 Å². The monoisotopic (exact) mass is 379 g/mol. The molecule has 0 amide bonds. The van der Waals surface area contributed by atoms with Crippen molar-refractivity contribution < 1.29 is 95.2 Å². The Labute approximate surface area is 111 Å². The van der Waals surface area contributed by atoms with Gasteiger partial charge in [0.05, 0.1) is 0 Å². The van der Waals surface area contributed by atoms with Crippen molar-refractivity contribution in [2.75, 3.05) is 0 Å². The fourth-order valence-electron chi connectivity index (χ4n) is 0. The van der Waals surface area contributed by atoms with Crippen LogP contribution in [-0.4, -0.2) is 34.8 Å². The molecular formula is H8Mn3O9P2.